The monoisotopic (exact) mass is 237 g/mol. The molecule has 0 amide bonds. The van der Waals surface area contributed by atoms with Gasteiger partial charge in [0.15, 0.2) is 0 Å². The molecule has 0 saturated carbocycles. The molecule has 1 rings (SSSR count). The fraction of sp³-hybridized carbons (Fsp3) is 0.273. The second-order valence-corrected chi connectivity index (χ2v) is 3.39. The molecular weight excluding hydrogens is 226 g/mol. The Hall–Kier alpha value is -2.24. The highest BCUT2D eigenvalue weighted by atomic mass is 16.6. The zero-order valence-electron chi connectivity index (χ0n) is 9.21. The summed E-state index contributed by atoms with van der Waals surface area (Å²) in [6.45, 7) is 0.591. The van der Waals surface area contributed by atoms with Crippen molar-refractivity contribution in [1.29, 1.82) is 0 Å². The Morgan fingerprint density at radius 3 is 2.71 bits per heavy atom. The quantitative estimate of drug-likeness (QED) is 0.332. The van der Waals surface area contributed by atoms with Crippen LogP contribution in [-0.2, 0) is 16.1 Å². The first kappa shape index (κ1) is 12.8. The number of hydrogen-bond donors (Lipinski definition) is 0. The maximum atomic E-state index is 11.4. The van der Waals surface area contributed by atoms with E-state index in [0.717, 1.165) is 0 Å². The highest BCUT2D eigenvalue weighted by Gasteiger charge is 2.12. The molecule has 0 saturated heterocycles. The van der Waals surface area contributed by atoms with E-state index >= 15 is 0 Å². The maximum absolute atomic E-state index is 11.4. The fourth-order valence-electron chi connectivity index (χ4n) is 1.23. The van der Waals surface area contributed by atoms with Crippen LogP contribution < -0.4 is 0 Å². The lowest BCUT2D eigenvalue weighted by Gasteiger charge is -2.03. The van der Waals surface area contributed by atoms with Crippen LogP contribution in [-0.4, -0.2) is 23.2 Å². The van der Waals surface area contributed by atoms with Crippen molar-refractivity contribution in [3.63, 3.8) is 0 Å². The molecule has 0 fully saturated rings. The van der Waals surface area contributed by atoms with Gasteiger partial charge in [0.1, 0.15) is 6.61 Å². The van der Waals surface area contributed by atoms with Crippen LogP contribution in [0.3, 0.4) is 0 Å². The molecule has 1 aromatic carbocycles. The number of rotatable bonds is 5. The maximum Gasteiger partial charge on any atom is 0.302 e. The fourth-order valence-corrected chi connectivity index (χ4v) is 1.23. The van der Waals surface area contributed by atoms with Crippen molar-refractivity contribution in [3.05, 3.63) is 45.5 Å². The minimum Gasteiger partial charge on any atom is -0.461 e. The summed E-state index contributed by atoms with van der Waals surface area (Å²) >= 11 is 0. The van der Waals surface area contributed by atoms with E-state index in [9.17, 15) is 19.7 Å². The first-order chi connectivity index (χ1) is 7.99. The molecule has 0 atom stereocenters. The number of carbonyl (C=O) groups excluding carboxylic acids is 2. The first-order valence-electron chi connectivity index (χ1n) is 4.86. The number of nitro groups is 1. The Morgan fingerprint density at radius 2 is 2.12 bits per heavy atom. The molecule has 0 heterocycles. The summed E-state index contributed by atoms with van der Waals surface area (Å²) in [7, 11) is 0. The van der Waals surface area contributed by atoms with Crippen molar-refractivity contribution in [2.75, 3.05) is 6.54 Å². The highest BCUT2D eigenvalue weighted by molar-refractivity contribution is 5.97. The van der Waals surface area contributed by atoms with Gasteiger partial charge in [-0.2, -0.15) is 0 Å². The van der Waals surface area contributed by atoms with Crippen LogP contribution in [0.1, 0.15) is 22.8 Å². The van der Waals surface area contributed by atoms with Gasteiger partial charge in [0, 0.05) is 17.4 Å². The molecule has 0 radical (unpaired) electrons. The van der Waals surface area contributed by atoms with Gasteiger partial charge in [-0.15, -0.1) is 0 Å². The highest BCUT2D eigenvalue weighted by Crippen LogP contribution is 2.07. The Kier molecular flexibility index (Phi) is 4.33. The van der Waals surface area contributed by atoms with Gasteiger partial charge < -0.3 is 4.74 Å². The molecule has 0 unspecified atom stereocenters. The van der Waals surface area contributed by atoms with Crippen molar-refractivity contribution < 1.29 is 19.2 Å². The number of carbonyl (C=O) groups is 2. The van der Waals surface area contributed by atoms with E-state index in [4.69, 9.17) is 4.74 Å². The van der Waals surface area contributed by atoms with Crippen molar-refractivity contribution in [2.45, 2.75) is 13.5 Å². The van der Waals surface area contributed by atoms with Crippen LogP contribution in [0.4, 0.5) is 0 Å². The van der Waals surface area contributed by atoms with Crippen LogP contribution in [0.15, 0.2) is 24.3 Å². The molecule has 0 spiro atoms. The number of esters is 1. The third-order valence-electron chi connectivity index (χ3n) is 1.96. The average Bonchev–Trinajstić information content (AvgIpc) is 2.26. The average molecular weight is 237 g/mol. The van der Waals surface area contributed by atoms with Crippen LogP contribution in [0.5, 0.6) is 0 Å². The zero-order valence-corrected chi connectivity index (χ0v) is 9.21. The van der Waals surface area contributed by atoms with Gasteiger partial charge in [-0.1, -0.05) is 18.2 Å². The third-order valence-corrected chi connectivity index (χ3v) is 1.96. The summed E-state index contributed by atoms with van der Waals surface area (Å²) in [5.41, 5.74) is 0.862. The summed E-state index contributed by atoms with van der Waals surface area (Å²) < 4.78 is 4.76. The topological polar surface area (TPSA) is 86.5 Å². The largest absolute Gasteiger partial charge is 0.461 e. The molecule has 6 heteroatoms. The van der Waals surface area contributed by atoms with Crippen molar-refractivity contribution in [1.82, 2.24) is 0 Å². The summed E-state index contributed by atoms with van der Waals surface area (Å²) in [5.74, 6) is -0.994. The summed E-state index contributed by atoms with van der Waals surface area (Å²) in [4.78, 5) is 31.5. The van der Waals surface area contributed by atoms with Crippen LogP contribution in [0, 0.1) is 10.1 Å². The van der Waals surface area contributed by atoms with Crippen LogP contribution in [0.2, 0.25) is 0 Å². The summed E-state index contributed by atoms with van der Waals surface area (Å²) in [6.07, 6.45) is 0. The van der Waals surface area contributed by atoms with Gasteiger partial charge in [0.2, 0.25) is 5.78 Å². The second-order valence-electron chi connectivity index (χ2n) is 3.39. The molecule has 1 aromatic rings. The lowest BCUT2D eigenvalue weighted by atomic mass is 10.1. The normalized spacial score (nSPS) is 9.71. The van der Waals surface area contributed by atoms with Gasteiger partial charge in [-0.25, -0.2) is 0 Å². The number of ether oxygens (including phenoxy) is 1. The first-order valence-corrected chi connectivity index (χ1v) is 4.86. The van der Waals surface area contributed by atoms with Crippen molar-refractivity contribution in [3.8, 4) is 0 Å². The molecule has 0 aliphatic rings. The number of hydrogen-bond acceptors (Lipinski definition) is 5. The minimum absolute atomic E-state index is 0.0505. The predicted molar refractivity (Wildman–Crippen MR) is 58.1 cm³/mol. The second kappa shape index (κ2) is 5.74. The molecule has 0 N–H and O–H groups in total. The molecule has 90 valence electrons. The molecule has 0 aliphatic heterocycles. The standard InChI is InChI=1S/C11H11NO5/c1-8(13)17-7-9-3-2-4-10(5-9)11(14)6-12(15)16/h2-5H,6-7H2,1H3. The summed E-state index contributed by atoms with van der Waals surface area (Å²) in [5, 5.41) is 10.2. The van der Waals surface area contributed by atoms with E-state index in [0.29, 0.717) is 5.56 Å². The lowest BCUT2D eigenvalue weighted by molar-refractivity contribution is -0.465. The van der Waals surface area contributed by atoms with Crippen molar-refractivity contribution in [2.24, 2.45) is 0 Å². The molecule has 0 bridgehead atoms. The van der Waals surface area contributed by atoms with E-state index < -0.39 is 23.2 Å². The third kappa shape index (κ3) is 4.42. The summed E-state index contributed by atoms with van der Waals surface area (Å²) in [6, 6.07) is 6.23. The SMILES string of the molecule is CC(=O)OCc1cccc(C(=O)C[N+](=O)[O-])c1. The zero-order chi connectivity index (χ0) is 12.8. The van der Waals surface area contributed by atoms with Gasteiger partial charge in [0.05, 0.1) is 0 Å². The van der Waals surface area contributed by atoms with Crippen molar-refractivity contribution >= 4 is 11.8 Å². The lowest BCUT2D eigenvalue weighted by Crippen LogP contribution is -2.14. The van der Waals surface area contributed by atoms with E-state index in [1.165, 1.54) is 19.1 Å². The minimum atomic E-state index is -0.739. The number of ketones is 1. The van der Waals surface area contributed by atoms with Crippen LogP contribution >= 0.6 is 0 Å². The number of benzene rings is 1. The molecule has 6 nitrogen and oxygen atoms in total. The Morgan fingerprint density at radius 1 is 1.41 bits per heavy atom. The molecule has 17 heavy (non-hydrogen) atoms. The van der Waals surface area contributed by atoms with Gasteiger partial charge >= 0.3 is 5.97 Å². The van der Waals surface area contributed by atoms with Gasteiger partial charge in [-0.3, -0.25) is 19.7 Å². The Balaban J connectivity index is 2.74. The smallest absolute Gasteiger partial charge is 0.302 e. The molecular formula is C11H11NO5. The van der Waals surface area contributed by atoms with Crippen LogP contribution in [0.25, 0.3) is 0 Å². The van der Waals surface area contributed by atoms with E-state index in [-0.39, 0.29) is 12.2 Å². The number of Topliss-reactive ketones (excluding diaryl/α,β-unsaturated/α-hetero) is 1. The predicted octanol–water partition coefficient (Wildman–Crippen LogP) is 1.21. The van der Waals surface area contributed by atoms with E-state index in [2.05, 4.69) is 0 Å². The Bertz CT molecular complexity index is 455. The van der Waals surface area contributed by atoms with E-state index in [1.54, 1.807) is 12.1 Å². The van der Waals surface area contributed by atoms with Gasteiger partial charge in [0.25, 0.3) is 6.54 Å². The Labute approximate surface area is 97.3 Å². The molecule has 0 aliphatic carbocycles. The number of nitrogens with zero attached hydrogens (tertiary/aromatic N) is 1. The van der Waals surface area contributed by atoms with E-state index in [1.807, 2.05) is 0 Å². The van der Waals surface area contributed by atoms with Gasteiger partial charge in [-0.05, 0) is 11.6 Å². The molecule has 0 aromatic heterocycles.